The Balaban J connectivity index is 1.81. The van der Waals surface area contributed by atoms with E-state index in [0.717, 1.165) is 15.9 Å². The van der Waals surface area contributed by atoms with Gasteiger partial charge in [-0.15, -0.1) is 0 Å². The van der Waals surface area contributed by atoms with Crippen molar-refractivity contribution in [3.8, 4) is 11.5 Å². The molecule has 0 saturated heterocycles. The van der Waals surface area contributed by atoms with Crippen LogP contribution in [0.5, 0.6) is 11.5 Å². The number of carbonyl (C=O) groups excluding carboxylic acids is 2. The third-order valence-corrected chi connectivity index (χ3v) is 19.6. The number of methoxy groups -OCH3 is 1. The summed E-state index contributed by atoms with van der Waals surface area (Å²) in [5, 5.41) is 1.63. The van der Waals surface area contributed by atoms with Crippen molar-refractivity contribution in [1.29, 1.82) is 0 Å². The Bertz CT molecular complexity index is 1720. The second-order valence-electron chi connectivity index (χ2n) is 15.7. The van der Waals surface area contributed by atoms with Crippen molar-refractivity contribution in [1.82, 2.24) is 4.90 Å². The molecule has 2 aliphatic rings. The molecule has 2 aliphatic heterocycles. The number of nitrogens with zero attached hydrogens (tertiary/aromatic N) is 2. The van der Waals surface area contributed by atoms with E-state index in [2.05, 4.69) is 85.5 Å². The van der Waals surface area contributed by atoms with Crippen LogP contribution >= 0.6 is 0 Å². The van der Waals surface area contributed by atoms with Crippen LogP contribution in [0.15, 0.2) is 97.2 Å². The molecule has 0 fully saturated rings. The summed E-state index contributed by atoms with van der Waals surface area (Å²) in [7, 11) is -4.10. The fraction of sp³-hybridized carbons (Fsp3) is 0.400. The van der Waals surface area contributed by atoms with Crippen molar-refractivity contribution in [2.45, 2.75) is 90.3 Å². The van der Waals surface area contributed by atoms with Crippen molar-refractivity contribution < 1.29 is 27.9 Å². The molecule has 0 spiro atoms. The van der Waals surface area contributed by atoms with E-state index in [0.29, 0.717) is 29.2 Å². The van der Waals surface area contributed by atoms with Crippen molar-refractivity contribution in [2.75, 3.05) is 18.6 Å². The van der Waals surface area contributed by atoms with E-state index in [9.17, 15) is 9.59 Å². The van der Waals surface area contributed by atoms with Crippen LogP contribution in [0, 0.1) is 0 Å². The van der Waals surface area contributed by atoms with E-state index in [1.807, 2.05) is 49.5 Å². The smallest absolute Gasteiger partial charge is 0.416 e. The first kappa shape index (κ1) is 37.1. The summed E-state index contributed by atoms with van der Waals surface area (Å²) in [6.07, 6.45) is 2.49. The first-order chi connectivity index (χ1) is 23.5. The van der Waals surface area contributed by atoms with Crippen LogP contribution in [0.3, 0.4) is 0 Å². The monoisotopic (exact) mass is 712 g/mol. The van der Waals surface area contributed by atoms with Crippen molar-refractivity contribution in [3.63, 3.8) is 0 Å². The SMILES string of the molecule is C=CCOC(=O)N1c2cc(O[Si](c3ccccc3)(c3ccccc3)C(C)(C)C)c(OC)cc2C(=O)N2C=C(C)C[C@H]2[C@@H]1O[Si](C)(C)C(C)(C)C. The third kappa shape index (κ3) is 6.68. The lowest BCUT2D eigenvalue weighted by molar-refractivity contribution is 0.0589. The van der Waals surface area contributed by atoms with Gasteiger partial charge in [0.05, 0.1) is 24.4 Å². The van der Waals surface area contributed by atoms with Gasteiger partial charge in [-0.1, -0.05) is 120 Å². The molecule has 2 heterocycles. The summed E-state index contributed by atoms with van der Waals surface area (Å²) in [5.74, 6) is 0.569. The average Bonchev–Trinajstić information content (AvgIpc) is 3.43. The van der Waals surface area contributed by atoms with E-state index >= 15 is 0 Å². The van der Waals surface area contributed by atoms with Crippen LogP contribution in [-0.2, 0) is 9.16 Å². The van der Waals surface area contributed by atoms with Gasteiger partial charge in [0.2, 0.25) is 0 Å². The highest BCUT2D eigenvalue weighted by Crippen LogP contribution is 2.47. The van der Waals surface area contributed by atoms with E-state index in [1.165, 1.54) is 11.0 Å². The number of rotatable bonds is 9. The lowest BCUT2D eigenvalue weighted by Crippen LogP contribution is -2.68. The minimum atomic E-state index is -3.15. The van der Waals surface area contributed by atoms with E-state index in [4.69, 9.17) is 18.3 Å². The van der Waals surface area contributed by atoms with Crippen LogP contribution < -0.4 is 24.4 Å². The number of hydrogen-bond donors (Lipinski definition) is 0. The molecule has 0 unspecified atom stereocenters. The summed E-state index contributed by atoms with van der Waals surface area (Å²) >= 11 is 0. The van der Waals surface area contributed by atoms with Gasteiger partial charge in [-0.3, -0.25) is 4.79 Å². The van der Waals surface area contributed by atoms with Gasteiger partial charge >= 0.3 is 14.4 Å². The summed E-state index contributed by atoms with van der Waals surface area (Å²) < 4.78 is 26.4. The largest absolute Gasteiger partial charge is 0.531 e. The van der Waals surface area contributed by atoms with Crippen molar-refractivity contribution >= 4 is 44.7 Å². The van der Waals surface area contributed by atoms with Crippen LogP contribution in [-0.4, -0.2) is 59.5 Å². The van der Waals surface area contributed by atoms with Gasteiger partial charge in [0.15, 0.2) is 20.3 Å². The Hall–Kier alpha value is -4.13. The van der Waals surface area contributed by atoms with Crippen molar-refractivity contribution in [3.05, 3.63) is 103 Å². The van der Waals surface area contributed by atoms with Gasteiger partial charge in [0.25, 0.3) is 5.91 Å². The number of carbonyl (C=O) groups is 2. The van der Waals surface area contributed by atoms with Gasteiger partial charge in [0, 0.05) is 12.3 Å². The molecule has 0 bridgehead atoms. The molecule has 0 aliphatic carbocycles. The first-order valence-electron chi connectivity index (χ1n) is 17.2. The molecular formula is C40H52N2O6Si2. The predicted octanol–water partition coefficient (Wildman–Crippen LogP) is 8.24. The van der Waals surface area contributed by atoms with Crippen LogP contribution in [0.1, 0.15) is 65.2 Å². The standard InChI is InChI=1S/C40H52N2O6Si2/c1-12-23-46-38(44)42-32-26-35(47-50(40(6,7)8,29-19-15-13-16-20-29)30-21-17-14-18-22-30)34(45-9)25-31(32)36(43)41-27-28(2)24-33(41)37(42)48-49(10,11)39(3,4)5/h12-22,25-27,33,37H,1,23-24H2,2-11H3/t33-,37-/m0/s1. The number of anilines is 1. The molecule has 2 atom stereocenters. The van der Waals surface area contributed by atoms with E-state index in [1.54, 1.807) is 24.1 Å². The minimum absolute atomic E-state index is 0.00133. The predicted molar refractivity (Wildman–Crippen MR) is 206 cm³/mol. The third-order valence-electron chi connectivity index (χ3n) is 10.3. The zero-order valence-electron chi connectivity index (χ0n) is 31.2. The molecule has 5 rings (SSSR count). The molecule has 3 aromatic rings. The first-order valence-corrected chi connectivity index (χ1v) is 22.0. The fourth-order valence-electron chi connectivity index (χ4n) is 6.70. The Morgan fingerprint density at radius 1 is 0.920 bits per heavy atom. The molecule has 10 heteroatoms. The van der Waals surface area contributed by atoms with Gasteiger partial charge in [0.1, 0.15) is 12.4 Å². The summed E-state index contributed by atoms with van der Waals surface area (Å²) in [5.41, 5.74) is 1.67. The Kier molecular flexibility index (Phi) is 10.3. The molecule has 266 valence electrons. The molecule has 0 saturated carbocycles. The van der Waals surface area contributed by atoms with Gasteiger partial charge in [-0.05, 0) is 53.0 Å². The topological polar surface area (TPSA) is 77.5 Å². The normalized spacial score (nSPS) is 18.1. The molecule has 3 aromatic carbocycles. The zero-order valence-corrected chi connectivity index (χ0v) is 33.2. The molecule has 0 N–H and O–H groups in total. The van der Waals surface area contributed by atoms with Gasteiger partial charge in [-0.2, -0.15) is 0 Å². The highest BCUT2D eigenvalue weighted by atomic mass is 28.4. The number of benzene rings is 3. The van der Waals surface area contributed by atoms with Crippen LogP contribution in [0.2, 0.25) is 23.2 Å². The maximum absolute atomic E-state index is 14.6. The Morgan fingerprint density at radius 2 is 1.50 bits per heavy atom. The van der Waals surface area contributed by atoms with Crippen molar-refractivity contribution in [2.24, 2.45) is 0 Å². The van der Waals surface area contributed by atoms with Gasteiger partial charge < -0.3 is 23.2 Å². The number of ether oxygens (including phenoxy) is 2. The van der Waals surface area contributed by atoms with E-state index < -0.39 is 35.0 Å². The lowest BCUT2D eigenvalue weighted by Gasteiger charge is -2.44. The fourth-order valence-corrected chi connectivity index (χ4v) is 12.3. The zero-order chi connectivity index (χ0) is 36.6. The molecule has 2 amide bonds. The Labute approximate surface area is 299 Å². The number of fused-ring (bicyclic) bond motifs is 2. The van der Waals surface area contributed by atoms with Gasteiger partial charge in [-0.25, -0.2) is 9.69 Å². The second-order valence-corrected chi connectivity index (χ2v) is 24.7. The second kappa shape index (κ2) is 13.9. The highest BCUT2D eigenvalue weighted by Gasteiger charge is 2.54. The number of amides is 2. The maximum Gasteiger partial charge on any atom is 0.416 e. The summed E-state index contributed by atoms with van der Waals surface area (Å²) in [4.78, 5) is 32.2. The summed E-state index contributed by atoms with van der Waals surface area (Å²) in [6.45, 7) is 23.1. The molecule has 8 nitrogen and oxygen atoms in total. The van der Waals surface area contributed by atoms with Crippen LogP contribution in [0.25, 0.3) is 0 Å². The molecule has 50 heavy (non-hydrogen) atoms. The molecule has 0 radical (unpaired) electrons. The van der Waals surface area contributed by atoms with E-state index in [-0.39, 0.29) is 22.6 Å². The van der Waals surface area contributed by atoms with Crippen LogP contribution in [0.4, 0.5) is 10.5 Å². The Morgan fingerprint density at radius 3 is 2.00 bits per heavy atom. The molecular weight excluding hydrogens is 661 g/mol. The quantitative estimate of drug-likeness (QED) is 0.164. The minimum Gasteiger partial charge on any atom is -0.531 e. The molecule has 0 aromatic heterocycles. The number of hydrogen-bond acceptors (Lipinski definition) is 6. The summed E-state index contributed by atoms with van der Waals surface area (Å²) in [6, 6.07) is 23.6. The lowest BCUT2D eigenvalue weighted by atomic mass is 10.1. The average molecular weight is 713 g/mol. The maximum atomic E-state index is 14.6. The highest BCUT2D eigenvalue weighted by molar-refractivity contribution is 7.00.